The second-order valence-electron chi connectivity index (χ2n) is 3.20. The van der Waals surface area contributed by atoms with Crippen molar-refractivity contribution in [3.63, 3.8) is 0 Å². The van der Waals surface area contributed by atoms with Gasteiger partial charge >= 0.3 is 0 Å². The van der Waals surface area contributed by atoms with E-state index in [0.29, 0.717) is 6.04 Å². The molecule has 13 heavy (non-hydrogen) atoms. The molecule has 0 saturated carbocycles. The Balaban J connectivity index is 0.000000845. The smallest absolute Gasteiger partial charge is 0.0321 e. The second-order valence-corrected chi connectivity index (χ2v) is 4.12. The maximum Gasteiger partial charge on any atom is 0.0321 e. The molecular weight excluding hydrogens is 249 g/mol. The van der Waals surface area contributed by atoms with Gasteiger partial charge in [0.25, 0.3) is 0 Å². The van der Waals surface area contributed by atoms with Crippen LogP contribution in [0.15, 0.2) is 28.7 Å². The summed E-state index contributed by atoms with van der Waals surface area (Å²) >= 11 is 3.48. The average Bonchev–Trinajstić information content (AvgIpc) is 2.56. The molecular formula is C10H13BrClN. The maximum absolute atomic E-state index is 3.48. The lowest BCUT2D eigenvalue weighted by Gasteiger charge is -2.09. The number of nitrogens with one attached hydrogen (secondary N) is 1. The third-order valence-corrected chi connectivity index (χ3v) is 2.80. The maximum atomic E-state index is 3.48. The van der Waals surface area contributed by atoms with E-state index >= 15 is 0 Å². The Bertz CT molecular complexity index is 271. The monoisotopic (exact) mass is 261 g/mol. The van der Waals surface area contributed by atoms with Crippen LogP contribution < -0.4 is 5.32 Å². The molecule has 72 valence electrons. The lowest BCUT2D eigenvalue weighted by atomic mass is 10.1. The summed E-state index contributed by atoms with van der Waals surface area (Å²) in [5.74, 6) is 0. The summed E-state index contributed by atoms with van der Waals surface area (Å²) in [6.07, 6.45) is 2.58. The number of halogens is 2. The molecule has 1 aliphatic heterocycles. The zero-order valence-corrected chi connectivity index (χ0v) is 9.70. The highest BCUT2D eigenvalue weighted by molar-refractivity contribution is 9.10. The Morgan fingerprint density at radius 2 is 2.23 bits per heavy atom. The Kier molecular flexibility index (Phi) is 4.23. The molecule has 1 fully saturated rings. The van der Waals surface area contributed by atoms with Crippen LogP contribution in [0.5, 0.6) is 0 Å². The number of hydrogen-bond acceptors (Lipinski definition) is 1. The zero-order chi connectivity index (χ0) is 8.39. The molecule has 0 bridgehead atoms. The van der Waals surface area contributed by atoms with Gasteiger partial charge in [-0.05, 0) is 37.1 Å². The highest BCUT2D eigenvalue weighted by atomic mass is 79.9. The first-order valence-corrected chi connectivity index (χ1v) is 5.14. The molecule has 0 aliphatic carbocycles. The van der Waals surface area contributed by atoms with Crippen molar-refractivity contribution in [1.82, 2.24) is 5.32 Å². The minimum atomic E-state index is 0. The van der Waals surface area contributed by atoms with Crippen LogP contribution >= 0.6 is 28.3 Å². The van der Waals surface area contributed by atoms with E-state index in [2.05, 4.69) is 45.5 Å². The van der Waals surface area contributed by atoms with Gasteiger partial charge in [-0.2, -0.15) is 0 Å². The molecule has 0 radical (unpaired) electrons. The van der Waals surface area contributed by atoms with E-state index in [1.54, 1.807) is 0 Å². The van der Waals surface area contributed by atoms with Crippen molar-refractivity contribution >= 4 is 28.3 Å². The van der Waals surface area contributed by atoms with Crippen LogP contribution in [0, 0.1) is 0 Å². The third kappa shape index (κ3) is 2.70. The Morgan fingerprint density at radius 1 is 1.38 bits per heavy atom. The van der Waals surface area contributed by atoms with Crippen molar-refractivity contribution in [1.29, 1.82) is 0 Å². The van der Waals surface area contributed by atoms with Gasteiger partial charge in [0.1, 0.15) is 0 Å². The molecule has 1 aliphatic rings. The molecule has 2 rings (SSSR count). The van der Waals surface area contributed by atoms with Crippen LogP contribution in [0.4, 0.5) is 0 Å². The van der Waals surface area contributed by atoms with Crippen molar-refractivity contribution < 1.29 is 0 Å². The van der Waals surface area contributed by atoms with Gasteiger partial charge in [0.05, 0.1) is 0 Å². The van der Waals surface area contributed by atoms with E-state index in [1.807, 2.05) is 0 Å². The number of hydrogen-bond donors (Lipinski definition) is 1. The quantitative estimate of drug-likeness (QED) is 0.819. The molecule has 1 aromatic carbocycles. The Hall–Kier alpha value is -0.0500. The third-order valence-electron chi connectivity index (χ3n) is 2.31. The van der Waals surface area contributed by atoms with Crippen molar-refractivity contribution in [3.8, 4) is 0 Å². The van der Waals surface area contributed by atoms with Gasteiger partial charge < -0.3 is 5.32 Å². The molecule has 0 amide bonds. The molecule has 0 spiro atoms. The molecule has 3 heteroatoms. The second kappa shape index (κ2) is 4.99. The topological polar surface area (TPSA) is 12.0 Å². The summed E-state index contributed by atoms with van der Waals surface area (Å²) in [7, 11) is 0. The van der Waals surface area contributed by atoms with E-state index < -0.39 is 0 Å². The van der Waals surface area contributed by atoms with E-state index in [1.165, 1.54) is 22.9 Å². The first kappa shape index (κ1) is 11.0. The van der Waals surface area contributed by atoms with Gasteiger partial charge in [0.2, 0.25) is 0 Å². The Morgan fingerprint density at radius 3 is 2.85 bits per heavy atom. The fourth-order valence-electron chi connectivity index (χ4n) is 1.69. The highest BCUT2D eigenvalue weighted by Gasteiger charge is 2.15. The summed E-state index contributed by atoms with van der Waals surface area (Å²) in [6, 6.07) is 9.14. The lowest BCUT2D eigenvalue weighted by molar-refractivity contribution is 0.647. The van der Waals surface area contributed by atoms with Crippen molar-refractivity contribution in [2.24, 2.45) is 0 Å². The van der Waals surface area contributed by atoms with Crippen molar-refractivity contribution in [2.75, 3.05) is 6.54 Å². The van der Waals surface area contributed by atoms with Crippen molar-refractivity contribution in [3.05, 3.63) is 34.3 Å². The number of benzene rings is 1. The van der Waals surface area contributed by atoms with Gasteiger partial charge in [-0.1, -0.05) is 28.1 Å². The molecule has 1 atom stereocenters. The predicted octanol–water partition coefficient (Wildman–Crippen LogP) is 3.30. The minimum Gasteiger partial charge on any atom is -0.310 e. The Labute approximate surface area is 93.5 Å². The van der Waals surface area contributed by atoms with E-state index in [4.69, 9.17) is 0 Å². The molecule has 0 unspecified atom stereocenters. The van der Waals surface area contributed by atoms with E-state index in [0.717, 1.165) is 6.54 Å². The average molecular weight is 263 g/mol. The molecule has 1 nitrogen and oxygen atoms in total. The summed E-state index contributed by atoms with van der Waals surface area (Å²) < 4.78 is 1.17. The first-order valence-electron chi connectivity index (χ1n) is 4.35. The highest BCUT2D eigenvalue weighted by Crippen LogP contribution is 2.24. The van der Waals surface area contributed by atoms with Gasteiger partial charge in [0, 0.05) is 10.5 Å². The normalized spacial score (nSPS) is 21.2. The lowest BCUT2D eigenvalue weighted by Crippen LogP contribution is -2.12. The molecule has 1 saturated heterocycles. The van der Waals surface area contributed by atoms with E-state index in [-0.39, 0.29) is 12.4 Å². The first-order chi connectivity index (χ1) is 5.86. The summed E-state index contributed by atoms with van der Waals surface area (Å²) in [6.45, 7) is 1.16. The van der Waals surface area contributed by atoms with Crippen LogP contribution in [0.3, 0.4) is 0 Å². The summed E-state index contributed by atoms with van der Waals surface area (Å²) in [5, 5.41) is 3.48. The van der Waals surface area contributed by atoms with Crippen LogP contribution in [-0.4, -0.2) is 6.54 Å². The number of rotatable bonds is 1. The standard InChI is InChI=1S/C10H12BrN.ClH/c11-9-4-1-3-8(7-9)10-5-2-6-12-10;/h1,3-4,7,10,12H,2,5-6H2;1H/t10-;/m1./s1. The van der Waals surface area contributed by atoms with Crippen LogP contribution in [-0.2, 0) is 0 Å². The molecule has 1 heterocycles. The fourth-order valence-corrected chi connectivity index (χ4v) is 2.11. The molecule has 1 N–H and O–H groups in total. The summed E-state index contributed by atoms with van der Waals surface area (Å²) in [5.41, 5.74) is 1.40. The van der Waals surface area contributed by atoms with Gasteiger partial charge in [-0.25, -0.2) is 0 Å². The molecule has 1 aromatic rings. The van der Waals surface area contributed by atoms with Gasteiger partial charge in [0.15, 0.2) is 0 Å². The van der Waals surface area contributed by atoms with Crippen LogP contribution in [0.2, 0.25) is 0 Å². The fraction of sp³-hybridized carbons (Fsp3) is 0.400. The SMILES string of the molecule is Brc1cccc([C@H]2CCCN2)c1.Cl. The van der Waals surface area contributed by atoms with Crippen LogP contribution in [0.25, 0.3) is 0 Å². The zero-order valence-electron chi connectivity index (χ0n) is 7.29. The molecule has 0 aromatic heterocycles. The van der Waals surface area contributed by atoms with Gasteiger partial charge in [-0.3, -0.25) is 0 Å². The largest absolute Gasteiger partial charge is 0.310 e. The van der Waals surface area contributed by atoms with Crippen molar-refractivity contribution in [2.45, 2.75) is 18.9 Å². The van der Waals surface area contributed by atoms with Gasteiger partial charge in [-0.15, -0.1) is 12.4 Å². The van der Waals surface area contributed by atoms with Crippen LogP contribution in [0.1, 0.15) is 24.4 Å². The summed E-state index contributed by atoms with van der Waals surface area (Å²) in [4.78, 5) is 0. The minimum absolute atomic E-state index is 0. The predicted molar refractivity (Wildman–Crippen MR) is 61.4 cm³/mol. The van der Waals surface area contributed by atoms with E-state index in [9.17, 15) is 0 Å².